The summed E-state index contributed by atoms with van der Waals surface area (Å²) in [5, 5.41) is 3.67. The molecule has 0 aromatic carbocycles. The van der Waals surface area contributed by atoms with Gasteiger partial charge in [0.2, 0.25) is 0 Å². The zero-order valence-electron chi connectivity index (χ0n) is 10.9. The van der Waals surface area contributed by atoms with Crippen molar-refractivity contribution < 1.29 is 0 Å². The van der Waals surface area contributed by atoms with Crippen molar-refractivity contribution in [1.29, 1.82) is 0 Å². The lowest BCUT2D eigenvalue weighted by atomic mass is 10.0. The second-order valence-electron chi connectivity index (χ2n) is 5.56. The van der Waals surface area contributed by atoms with Gasteiger partial charge in [0.25, 0.3) is 0 Å². The molecule has 0 spiro atoms. The van der Waals surface area contributed by atoms with Gasteiger partial charge in [-0.1, -0.05) is 13.8 Å². The third-order valence-electron chi connectivity index (χ3n) is 3.55. The van der Waals surface area contributed by atoms with Gasteiger partial charge in [0.1, 0.15) is 0 Å². The number of likely N-dealkylation sites (N-methyl/N-ethyl adjacent to an activating group) is 1. The molecule has 0 bridgehead atoms. The zero-order chi connectivity index (χ0) is 11.3. The van der Waals surface area contributed by atoms with Crippen LogP contribution in [-0.4, -0.2) is 37.1 Å². The van der Waals surface area contributed by atoms with Crippen LogP contribution in [-0.2, 0) is 0 Å². The van der Waals surface area contributed by atoms with Crippen LogP contribution in [0.5, 0.6) is 0 Å². The summed E-state index contributed by atoms with van der Waals surface area (Å²) in [6, 6.07) is 1.47. The van der Waals surface area contributed by atoms with Gasteiger partial charge in [-0.3, -0.25) is 0 Å². The lowest BCUT2D eigenvalue weighted by Crippen LogP contribution is -2.39. The quantitative estimate of drug-likeness (QED) is 0.728. The van der Waals surface area contributed by atoms with Gasteiger partial charge in [-0.25, -0.2) is 0 Å². The maximum atomic E-state index is 3.67. The van der Waals surface area contributed by atoms with E-state index in [2.05, 4.69) is 38.0 Å². The Hall–Kier alpha value is -0.0800. The number of nitrogens with zero attached hydrogens (tertiary/aromatic N) is 1. The molecule has 0 amide bonds. The molecule has 1 saturated heterocycles. The summed E-state index contributed by atoms with van der Waals surface area (Å²) in [6.45, 7) is 9.38. The Morgan fingerprint density at radius 3 is 2.53 bits per heavy atom. The van der Waals surface area contributed by atoms with Crippen LogP contribution in [0.25, 0.3) is 0 Å². The predicted octanol–water partition coefficient (Wildman–Crippen LogP) is 2.49. The first-order chi connectivity index (χ1) is 7.09. The van der Waals surface area contributed by atoms with Crippen LogP contribution in [0.2, 0.25) is 0 Å². The van der Waals surface area contributed by atoms with Crippen molar-refractivity contribution in [1.82, 2.24) is 10.2 Å². The summed E-state index contributed by atoms with van der Waals surface area (Å²) in [4.78, 5) is 2.49. The molecular formula is C13H28N2. The molecule has 0 radical (unpaired) electrons. The first kappa shape index (κ1) is 13.0. The third kappa shape index (κ3) is 4.98. The van der Waals surface area contributed by atoms with Crippen molar-refractivity contribution >= 4 is 0 Å². The molecule has 1 aliphatic rings. The Bertz CT molecular complexity index is 168. The van der Waals surface area contributed by atoms with E-state index in [9.17, 15) is 0 Å². The first-order valence-electron chi connectivity index (χ1n) is 6.53. The van der Waals surface area contributed by atoms with Crippen molar-refractivity contribution in [3.63, 3.8) is 0 Å². The standard InChI is InChI=1S/C13H28N2/c1-11(2)7-8-12(3)14-10-13-6-5-9-15(13)4/h11-14H,5-10H2,1-4H3. The number of hydrogen-bond acceptors (Lipinski definition) is 2. The normalized spacial score (nSPS) is 25.0. The summed E-state index contributed by atoms with van der Waals surface area (Å²) in [5.74, 6) is 0.836. The molecule has 0 saturated carbocycles. The molecule has 2 atom stereocenters. The fourth-order valence-corrected chi connectivity index (χ4v) is 2.26. The van der Waals surface area contributed by atoms with E-state index in [1.165, 1.54) is 38.8 Å². The second-order valence-corrected chi connectivity index (χ2v) is 5.56. The van der Waals surface area contributed by atoms with Crippen LogP contribution in [0.3, 0.4) is 0 Å². The van der Waals surface area contributed by atoms with Crippen molar-refractivity contribution in [2.24, 2.45) is 5.92 Å². The van der Waals surface area contributed by atoms with Gasteiger partial charge in [-0.15, -0.1) is 0 Å². The molecular weight excluding hydrogens is 184 g/mol. The molecule has 15 heavy (non-hydrogen) atoms. The molecule has 1 rings (SSSR count). The van der Waals surface area contributed by atoms with Crippen LogP contribution in [0.4, 0.5) is 0 Å². The van der Waals surface area contributed by atoms with Gasteiger partial charge >= 0.3 is 0 Å². The summed E-state index contributed by atoms with van der Waals surface area (Å²) in [7, 11) is 2.25. The molecule has 2 nitrogen and oxygen atoms in total. The molecule has 1 heterocycles. The van der Waals surface area contributed by atoms with Crippen LogP contribution < -0.4 is 5.32 Å². The monoisotopic (exact) mass is 212 g/mol. The molecule has 90 valence electrons. The molecule has 1 aliphatic heterocycles. The molecule has 1 fully saturated rings. The van der Waals surface area contributed by atoms with Gasteiger partial charge in [0.15, 0.2) is 0 Å². The molecule has 2 unspecified atom stereocenters. The van der Waals surface area contributed by atoms with E-state index in [1.807, 2.05) is 0 Å². The average molecular weight is 212 g/mol. The largest absolute Gasteiger partial charge is 0.313 e. The van der Waals surface area contributed by atoms with Crippen molar-refractivity contribution in [3.8, 4) is 0 Å². The van der Waals surface area contributed by atoms with E-state index in [4.69, 9.17) is 0 Å². The van der Waals surface area contributed by atoms with E-state index < -0.39 is 0 Å². The zero-order valence-corrected chi connectivity index (χ0v) is 10.9. The van der Waals surface area contributed by atoms with Crippen LogP contribution in [0, 0.1) is 5.92 Å². The van der Waals surface area contributed by atoms with E-state index in [0.717, 1.165) is 12.0 Å². The van der Waals surface area contributed by atoms with Crippen LogP contribution in [0.15, 0.2) is 0 Å². The van der Waals surface area contributed by atoms with Gasteiger partial charge in [0.05, 0.1) is 0 Å². The van der Waals surface area contributed by atoms with E-state index >= 15 is 0 Å². The molecule has 0 aliphatic carbocycles. The van der Waals surface area contributed by atoms with E-state index in [-0.39, 0.29) is 0 Å². The Labute approximate surface area is 95.4 Å². The summed E-state index contributed by atoms with van der Waals surface area (Å²) in [6.07, 6.45) is 5.41. The van der Waals surface area contributed by atoms with Gasteiger partial charge < -0.3 is 10.2 Å². The maximum Gasteiger partial charge on any atom is 0.0218 e. The lowest BCUT2D eigenvalue weighted by Gasteiger charge is -2.22. The maximum absolute atomic E-state index is 3.67. The van der Waals surface area contributed by atoms with Gasteiger partial charge in [0, 0.05) is 18.6 Å². The Kier molecular flexibility index (Phi) is 5.62. The van der Waals surface area contributed by atoms with E-state index in [1.54, 1.807) is 0 Å². The molecule has 2 heteroatoms. The minimum atomic E-state index is 0.682. The molecule has 0 aromatic rings. The van der Waals surface area contributed by atoms with Crippen molar-refractivity contribution in [2.75, 3.05) is 20.1 Å². The summed E-state index contributed by atoms with van der Waals surface area (Å²) >= 11 is 0. The highest BCUT2D eigenvalue weighted by Crippen LogP contribution is 2.14. The lowest BCUT2D eigenvalue weighted by molar-refractivity contribution is 0.289. The van der Waals surface area contributed by atoms with E-state index in [0.29, 0.717) is 6.04 Å². The number of hydrogen-bond donors (Lipinski definition) is 1. The summed E-state index contributed by atoms with van der Waals surface area (Å²) in [5.41, 5.74) is 0. The molecule has 1 N–H and O–H groups in total. The van der Waals surface area contributed by atoms with Crippen molar-refractivity contribution in [2.45, 2.75) is 58.5 Å². The molecule has 0 aromatic heterocycles. The van der Waals surface area contributed by atoms with Gasteiger partial charge in [-0.2, -0.15) is 0 Å². The van der Waals surface area contributed by atoms with Crippen LogP contribution in [0.1, 0.15) is 46.5 Å². The summed E-state index contributed by atoms with van der Waals surface area (Å²) < 4.78 is 0. The number of likely N-dealkylation sites (tertiary alicyclic amines) is 1. The first-order valence-corrected chi connectivity index (χ1v) is 6.53. The fraction of sp³-hybridized carbons (Fsp3) is 1.00. The highest BCUT2D eigenvalue weighted by molar-refractivity contribution is 4.79. The Morgan fingerprint density at radius 2 is 2.00 bits per heavy atom. The average Bonchev–Trinajstić information content (AvgIpc) is 2.58. The highest BCUT2D eigenvalue weighted by atomic mass is 15.2. The smallest absolute Gasteiger partial charge is 0.0218 e. The van der Waals surface area contributed by atoms with Gasteiger partial charge in [-0.05, 0) is 52.1 Å². The third-order valence-corrected chi connectivity index (χ3v) is 3.55. The second kappa shape index (κ2) is 6.49. The minimum Gasteiger partial charge on any atom is -0.313 e. The minimum absolute atomic E-state index is 0.682. The predicted molar refractivity (Wildman–Crippen MR) is 67.2 cm³/mol. The number of nitrogens with one attached hydrogen (secondary N) is 1. The Balaban J connectivity index is 2.08. The Morgan fingerprint density at radius 1 is 1.27 bits per heavy atom. The highest BCUT2D eigenvalue weighted by Gasteiger charge is 2.20. The van der Waals surface area contributed by atoms with Crippen LogP contribution >= 0.6 is 0 Å². The fourth-order valence-electron chi connectivity index (χ4n) is 2.26. The topological polar surface area (TPSA) is 15.3 Å². The van der Waals surface area contributed by atoms with Crippen molar-refractivity contribution in [3.05, 3.63) is 0 Å². The SMILES string of the molecule is CC(C)CCC(C)NCC1CCCN1C. The number of rotatable bonds is 6.